The zero-order valence-electron chi connectivity index (χ0n) is 12.0. The topological polar surface area (TPSA) is 64.1 Å². The Bertz CT molecular complexity index is 730. The van der Waals surface area contributed by atoms with Gasteiger partial charge in [-0.1, -0.05) is 25.1 Å². The number of rotatable bonds is 5. The maximum atomic E-state index is 5.81. The van der Waals surface area contributed by atoms with Gasteiger partial charge in [0.1, 0.15) is 11.5 Å². The number of fused-ring (bicyclic) bond motifs is 1. The summed E-state index contributed by atoms with van der Waals surface area (Å²) in [4.78, 5) is 4.39. The molecule has 3 N–H and O–H groups in total. The lowest BCUT2D eigenvalue weighted by Crippen LogP contribution is -2.29. The van der Waals surface area contributed by atoms with Crippen LogP contribution < -0.4 is 11.3 Å². The fraction of sp³-hybridized carbons (Fsp3) is 0.235. The van der Waals surface area contributed by atoms with E-state index in [2.05, 4.69) is 23.4 Å². The summed E-state index contributed by atoms with van der Waals surface area (Å²) in [5.41, 5.74) is 5.06. The summed E-state index contributed by atoms with van der Waals surface area (Å²) in [6, 6.07) is 14.1. The van der Waals surface area contributed by atoms with Crippen LogP contribution in [0.2, 0.25) is 0 Å². The summed E-state index contributed by atoms with van der Waals surface area (Å²) in [7, 11) is 0. The van der Waals surface area contributed by atoms with Gasteiger partial charge in [-0.05, 0) is 36.2 Å². The molecule has 3 aromatic rings. The molecular weight excluding hydrogens is 262 g/mol. The Balaban J connectivity index is 1.92. The van der Waals surface area contributed by atoms with Crippen molar-refractivity contribution in [3.63, 3.8) is 0 Å². The normalized spacial score (nSPS) is 12.7. The molecule has 0 aliphatic carbocycles. The molecule has 0 aliphatic rings. The van der Waals surface area contributed by atoms with E-state index in [0.29, 0.717) is 0 Å². The van der Waals surface area contributed by atoms with E-state index in [1.807, 2.05) is 42.6 Å². The van der Waals surface area contributed by atoms with E-state index in [1.165, 1.54) is 5.56 Å². The van der Waals surface area contributed by atoms with Crippen molar-refractivity contribution in [1.82, 2.24) is 10.4 Å². The molecule has 3 rings (SSSR count). The molecule has 2 heterocycles. The third-order valence-corrected chi connectivity index (χ3v) is 3.74. The van der Waals surface area contributed by atoms with Crippen LogP contribution in [-0.2, 0) is 12.8 Å². The number of pyridine rings is 1. The summed E-state index contributed by atoms with van der Waals surface area (Å²) < 4.78 is 5.81. The third kappa shape index (κ3) is 2.82. The van der Waals surface area contributed by atoms with Gasteiger partial charge in [0, 0.05) is 18.0 Å². The van der Waals surface area contributed by atoms with Crippen molar-refractivity contribution in [3.05, 3.63) is 65.7 Å². The molecule has 21 heavy (non-hydrogen) atoms. The van der Waals surface area contributed by atoms with Crippen molar-refractivity contribution in [3.8, 4) is 0 Å². The van der Waals surface area contributed by atoms with Crippen molar-refractivity contribution in [2.24, 2.45) is 5.84 Å². The standard InChI is InChI=1S/C17H19N3O/c1-2-13-7-8-17(21-13)16(20-18)11-12-9-10-19-15-6-4-3-5-14(12)15/h3-10,16,20H,2,11,18H2,1H3. The van der Waals surface area contributed by atoms with Crippen LogP contribution >= 0.6 is 0 Å². The Morgan fingerprint density at radius 3 is 2.81 bits per heavy atom. The van der Waals surface area contributed by atoms with Gasteiger partial charge in [0.25, 0.3) is 0 Å². The van der Waals surface area contributed by atoms with Gasteiger partial charge in [0.05, 0.1) is 11.6 Å². The molecule has 0 fully saturated rings. The summed E-state index contributed by atoms with van der Waals surface area (Å²) in [5, 5.41) is 1.16. The van der Waals surface area contributed by atoms with Crippen LogP contribution in [0.4, 0.5) is 0 Å². The molecule has 4 nitrogen and oxygen atoms in total. The highest BCUT2D eigenvalue weighted by Gasteiger charge is 2.16. The largest absolute Gasteiger partial charge is 0.464 e. The van der Waals surface area contributed by atoms with Crippen LogP contribution in [0, 0.1) is 0 Å². The first kappa shape index (κ1) is 13.8. The molecule has 0 saturated carbocycles. The first-order chi connectivity index (χ1) is 10.3. The van der Waals surface area contributed by atoms with E-state index in [-0.39, 0.29) is 6.04 Å². The maximum absolute atomic E-state index is 5.81. The fourth-order valence-corrected chi connectivity index (χ4v) is 2.57. The smallest absolute Gasteiger partial charge is 0.122 e. The van der Waals surface area contributed by atoms with Crippen molar-refractivity contribution < 1.29 is 4.42 Å². The number of para-hydroxylation sites is 1. The monoisotopic (exact) mass is 281 g/mol. The quantitative estimate of drug-likeness (QED) is 0.557. The van der Waals surface area contributed by atoms with Crippen molar-refractivity contribution in [2.45, 2.75) is 25.8 Å². The number of nitrogens with one attached hydrogen (secondary N) is 1. The second-order valence-electron chi connectivity index (χ2n) is 5.07. The van der Waals surface area contributed by atoms with E-state index >= 15 is 0 Å². The summed E-state index contributed by atoms with van der Waals surface area (Å²) in [5.74, 6) is 7.57. The summed E-state index contributed by atoms with van der Waals surface area (Å²) in [6.45, 7) is 2.07. The van der Waals surface area contributed by atoms with Gasteiger partial charge in [-0.2, -0.15) is 0 Å². The number of aryl methyl sites for hydroxylation is 1. The van der Waals surface area contributed by atoms with Crippen molar-refractivity contribution >= 4 is 10.9 Å². The van der Waals surface area contributed by atoms with Gasteiger partial charge < -0.3 is 4.42 Å². The highest BCUT2D eigenvalue weighted by atomic mass is 16.3. The van der Waals surface area contributed by atoms with Gasteiger partial charge in [0.2, 0.25) is 0 Å². The number of hydrogen-bond acceptors (Lipinski definition) is 4. The number of hydrazine groups is 1. The zero-order chi connectivity index (χ0) is 14.7. The van der Waals surface area contributed by atoms with E-state index in [1.54, 1.807) is 0 Å². The first-order valence-electron chi connectivity index (χ1n) is 7.19. The van der Waals surface area contributed by atoms with E-state index in [4.69, 9.17) is 10.3 Å². The van der Waals surface area contributed by atoms with Gasteiger partial charge in [0.15, 0.2) is 0 Å². The molecule has 1 aromatic carbocycles. The van der Waals surface area contributed by atoms with Crippen LogP contribution in [0.3, 0.4) is 0 Å². The Kier molecular flexibility index (Phi) is 3.99. The first-order valence-corrected chi connectivity index (χ1v) is 7.19. The van der Waals surface area contributed by atoms with Crippen molar-refractivity contribution in [2.75, 3.05) is 0 Å². The second-order valence-corrected chi connectivity index (χ2v) is 5.07. The summed E-state index contributed by atoms with van der Waals surface area (Å²) in [6.07, 6.45) is 3.48. The predicted molar refractivity (Wildman–Crippen MR) is 83.6 cm³/mol. The third-order valence-electron chi connectivity index (χ3n) is 3.74. The van der Waals surface area contributed by atoms with Crippen LogP contribution in [-0.4, -0.2) is 4.98 Å². The number of furan rings is 1. The lowest BCUT2D eigenvalue weighted by atomic mass is 10.0. The minimum atomic E-state index is -0.0453. The lowest BCUT2D eigenvalue weighted by Gasteiger charge is -2.14. The maximum Gasteiger partial charge on any atom is 0.122 e. The minimum Gasteiger partial charge on any atom is -0.464 e. The number of nitrogens with zero attached hydrogens (tertiary/aromatic N) is 1. The molecule has 0 spiro atoms. The Hall–Kier alpha value is -2.17. The molecule has 0 aliphatic heterocycles. The molecule has 108 valence electrons. The molecule has 0 amide bonds. The SMILES string of the molecule is CCc1ccc(C(Cc2ccnc3ccccc23)NN)o1. The number of nitrogens with two attached hydrogens (primary N) is 1. The average molecular weight is 281 g/mol. The lowest BCUT2D eigenvalue weighted by molar-refractivity contribution is 0.396. The van der Waals surface area contributed by atoms with Gasteiger partial charge in [-0.15, -0.1) is 0 Å². The van der Waals surface area contributed by atoms with Crippen molar-refractivity contribution in [1.29, 1.82) is 0 Å². The van der Waals surface area contributed by atoms with E-state index in [9.17, 15) is 0 Å². The number of hydrogen-bond donors (Lipinski definition) is 2. The molecule has 0 bridgehead atoms. The van der Waals surface area contributed by atoms with Gasteiger partial charge >= 0.3 is 0 Å². The highest BCUT2D eigenvalue weighted by Crippen LogP contribution is 2.24. The van der Waals surface area contributed by atoms with Crippen LogP contribution in [0.5, 0.6) is 0 Å². The predicted octanol–water partition coefficient (Wildman–Crippen LogP) is 3.14. The number of aromatic nitrogens is 1. The zero-order valence-corrected chi connectivity index (χ0v) is 12.0. The molecule has 0 radical (unpaired) electrons. The van der Waals surface area contributed by atoms with E-state index < -0.39 is 0 Å². The fourth-order valence-electron chi connectivity index (χ4n) is 2.57. The molecule has 0 saturated heterocycles. The second kappa shape index (κ2) is 6.08. The Morgan fingerprint density at radius 1 is 1.19 bits per heavy atom. The van der Waals surface area contributed by atoms with Crippen LogP contribution in [0.1, 0.15) is 30.0 Å². The molecule has 4 heteroatoms. The Morgan fingerprint density at radius 2 is 2.05 bits per heavy atom. The van der Waals surface area contributed by atoms with E-state index in [0.717, 1.165) is 35.3 Å². The van der Waals surface area contributed by atoms with Gasteiger partial charge in [-0.3, -0.25) is 10.8 Å². The average Bonchev–Trinajstić information content (AvgIpc) is 3.01. The number of benzene rings is 1. The molecule has 1 atom stereocenters. The minimum absolute atomic E-state index is 0.0453. The molecular formula is C17H19N3O. The van der Waals surface area contributed by atoms with Gasteiger partial charge in [-0.25, -0.2) is 5.43 Å². The Labute approximate surface area is 124 Å². The summed E-state index contributed by atoms with van der Waals surface area (Å²) >= 11 is 0. The molecule has 1 unspecified atom stereocenters. The van der Waals surface area contributed by atoms with Crippen LogP contribution in [0.15, 0.2) is 53.1 Å². The molecule has 2 aromatic heterocycles. The van der Waals surface area contributed by atoms with Crippen LogP contribution in [0.25, 0.3) is 10.9 Å². The highest BCUT2D eigenvalue weighted by molar-refractivity contribution is 5.81.